The van der Waals surface area contributed by atoms with Crippen LogP contribution in [-0.2, 0) is 9.53 Å². The number of hydrogen-bond donors (Lipinski definition) is 2. The van der Waals surface area contributed by atoms with Crippen molar-refractivity contribution in [3.8, 4) is 0 Å². The lowest BCUT2D eigenvalue weighted by Crippen LogP contribution is -2.47. The maximum Gasteiger partial charge on any atom is 0.227 e. The zero-order valence-corrected chi connectivity index (χ0v) is 10.7. The van der Waals surface area contributed by atoms with Crippen molar-refractivity contribution in [3.05, 3.63) is 0 Å². The molecule has 1 heterocycles. The molecule has 0 aromatic heterocycles. The third-order valence-electron chi connectivity index (χ3n) is 3.84. The third-order valence-corrected chi connectivity index (χ3v) is 3.84. The van der Waals surface area contributed by atoms with Gasteiger partial charge in [-0.25, -0.2) is 0 Å². The minimum atomic E-state index is -0.00289. The highest BCUT2D eigenvalue weighted by molar-refractivity contribution is 5.80. The van der Waals surface area contributed by atoms with E-state index >= 15 is 0 Å². The second kappa shape index (κ2) is 6.36. The van der Waals surface area contributed by atoms with Crippen LogP contribution < -0.4 is 10.6 Å². The maximum absolute atomic E-state index is 12.2. The van der Waals surface area contributed by atoms with Crippen molar-refractivity contribution in [2.24, 2.45) is 5.92 Å². The first-order chi connectivity index (χ1) is 8.31. The van der Waals surface area contributed by atoms with Crippen LogP contribution in [-0.4, -0.2) is 37.7 Å². The molecule has 2 aliphatic rings. The normalized spacial score (nSPS) is 30.4. The van der Waals surface area contributed by atoms with Crippen LogP contribution in [0.5, 0.6) is 0 Å². The first-order valence-corrected chi connectivity index (χ1v) is 6.92. The Bertz CT molecular complexity index is 252. The average molecular weight is 240 g/mol. The van der Waals surface area contributed by atoms with E-state index in [1.807, 2.05) is 0 Å². The smallest absolute Gasteiger partial charge is 0.227 e. The quantitative estimate of drug-likeness (QED) is 0.772. The number of rotatable bonds is 4. The lowest BCUT2D eigenvalue weighted by Gasteiger charge is -2.25. The highest BCUT2D eigenvalue weighted by Crippen LogP contribution is 2.19. The van der Waals surface area contributed by atoms with Crippen LogP contribution in [0.15, 0.2) is 0 Å². The fourth-order valence-electron chi connectivity index (χ4n) is 2.83. The van der Waals surface area contributed by atoms with Crippen molar-refractivity contribution in [2.45, 2.75) is 51.1 Å². The molecular formula is C13H24N2O2. The van der Waals surface area contributed by atoms with Crippen molar-refractivity contribution >= 4 is 5.91 Å². The molecule has 2 rings (SSSR count). The maximum atomic E-state index is 12.2. The molecule has 2 N–H and O–H groups in total. The van der Waals surface area contributed by atoms with Crippen molar-refractivity contribution in [1.82, 2.24) is 10.6 Å². The van der Waals surface area contributed by atoms with Crippen molar-refractivity contribution in [2.75, 3.05) is 19.8 Å². The van der Waals surface area contributed by atoms with Gasteiger partial charge in [0, 0.05) is 12.1 Å². The van der Waals surface area contributed by atoms with E-state index in [-0.39, 0.29) is 17.9 Å². The van der Waals surface area contributed by atoms with Gasteiger partial charge >= 0.3 is 0 Å². The van der Waals surface area contributed by atoms with Crippen molar-refractivity contribution in [1.29, 1.82) is 0 Å². The monoisotopic (exact) mass is 240 g/mol. The van der Waals surface area contributed by atoms with E-state index in [1.54, 1.807) is 0 Å². The molecule has 1 aliphatic heterocycles. The Labute approximate surface area is 103 Å². The molecule has 2 unspecified atom stereocenters. The zero-order valence-electron chi connectivity index (χ0n) is 10.7. The molecule has 1 aliphatic carbocycles. The first kappa shape index (κ1) is 12.8. The van der Waals surface area contributed by atoms with Gasteiger partial charge in [-0.3, -0.25) is 4.79 Å². The Balaban J connectivity index is 1.81. The molecule has 1 saturated carbocycles. The summed E-state index contributed by atoms with van der Waals surface area (Å²) in [6.07, 6.45) is 6.11. The zero-order chi connectivity index (χ0) is 12.1. The van der Waals surface area contributed by atoms with Crippen LogP contribution in [0.1, 0.15) is 39.0 Å². The van der Waals surface area contributed by atoms with Crippen LogP contribution in [0, 0.1) is 5.92 Å². The number of nitrogens with one attached hydrogen (secondary N) is 2. The molecule has 2 fully saturated rings. The van der Waals surface area contributed by atoms with Crippen molar-refractivity contribution < 1.29 is 9.53 Å². The number of amides is 1. The molecule has 98 valence electrons. The van der Waals surface area contributed by atoms with E-state index in [0.29, 0.717) is 19.3 Å². The van der Waals surface area contributed by atoms with Crippen molar-refractivity contribution in [3.63, 3.8) is 0 Å². The number of ether oxygens (including phenoxy) is 1. The molecule has 0 aromatic rings. The number of carbonyl (C=O) groups excluding carboxylic acids is 1. The summed E-state index contributed by atoms with van der Waals surface area (Å²) in [5.74, 6) is 0.178. The highest BCUT2D eigenvalue weighted by atomic mass is 16.5. The number of hydrogen-bond acceptors (Lipinski definition) is 3. The first-order valence-electron chi connectivity index (χ1n) is 6.92. The number of carbonyl (C=O) groups is 1. The summed E-state index contributed by atoms with van der Waals surface area (Å²) < 4.78 is 5.41. The summed E-state index contributed by atoms with van der Waals surface area (Å²) in [6, 6.07) is 0.600. The molecule has 4 heteroatoms. The Morgan fingerprint density at radius 1 is 1.24 bits per heavy atom. The van der Waals surface area contributed by atoms with E-state index in [1.165, 1.54) is 19.3 Å². The van der Waals surface area contributed by atoms with Gasteiger partial charge in [-0.1, -0.05) is 26.2 Å². The molecule has 0 spiro atoms. The second-order valence-electron chi connectivity index (χ2n) is 5.15. The van der Waals surface area contributed by atoms with Gasteiger partial charge < -0.3 is 15.4 Å². The topological polar surface area (TPSA) is 50.4 Å². The summed E-state index contributed by atoms with van der Waals surface area (Å²) in [5.41, 5.74) is 0. The standard InChI is InChI=1S/C13H24N2O2/c1-2-14-12-9-17-8-11(12)13(16)15-10-6-4-3-5-7-10/h10-12,14H,2-9H2,1H3,(H,15,16). The minimum absolute atomic E-state index is 0.00289. The number of likely N-dealkylation sites (N-methyl/N-ethyl adjacent to an activating group) is 1. The van der Waals surface area contributed by atoms with Gasteiger partial charge in [-0.2, -0.15) is 0 Å². The SMILES string of the molecule is CCNC1COCC1C(=O)NC1CCCCC1. The molecule has 4 nitrogen and oxygen atoms in total. The molecule has 0 aromatic carbocycles. The van der Waals surface area contributed by atoms with Gasteiger partial charge in [0.15, 0.2) is 0 Å². The largest absolute Gasteiger partial charge is 0.379 e. The van der Waals surface area contributed by atoms with Crippen LogP contribution in [0.4, 0.5) is 0 Å². The molecule has 1 saturated heterocycles. The fraction of sp³-hybridized carbons (Fsp3) is 0.923. The van der Waals surface area contributed by atoms with Crippen LogP contribution in [0.2, 0.25) is 0 Å². The summed E-state index contributed by atoms with van der Waals surface area (Å²) in [6.45, 7) is 4.18. The Morgan fingerprint density at radius 3 is 2.71 bits per heavy atom. The van der Waals surface area contributed by atoms with Gasteiger partial charge in [-0.05, 0) is 19.4 Å². The van der Waals surface area contributed by atoms with Gasteiger partial charge in [0.1, 0.15) is 0 Å². The van der Waals surface area contributed by atoms with E-state index < -0.39 is 0 Å². The minimum Gasteiger partial charge on any atom is -0.379 e. The Kier molecular flexibility index (Phi) is 4.80. The van der Waals surface area contributed by atoms with Gasteiger partial charge in [0.25, 0.3) is 0 Å². The Hall–Kier alpha value is -0.610. The van der Waals surface area contributed by atoms with Gasteiger partial charge in [0.05, 0.1) is 19.1 Å². The fourth-order valence-corrected chi connectivity index (χ4v) is 2.83. The summed E-state index contributed by atoms with van der Waals surface area (Å²) in [5, 5.41) is 6.52. The van der Waals surface area contributed by atoms with Crippen LogP contribution in [0.3, 0.4) is 0 Å². The Morgan fingerprint density at radius 2 is 2.00 bits per heavy atom. The van der Waals surface area contributed by atoms with Crippen LogP contribution >= 0.6 is 0 Å². The molecule has 0 bridgehead atoms. The second-order valence-corrected chi connectivity index (χ2v) is 5.15. The third kappa shape index (κ3) is 3.42. The predicted octanol–water partition coefficient (Wildman–Crippen LogP) is 1.06. The van der Waals surface area contributed by atoms with Crippen LogP contribution in [0.25, 0.3) is 0 Å². The predicted molar refractivity (Wildman–Crippen MR) is 66.8 cm³/mol. The summed E-state index contributed by atoms with van der Waals surface area (Å²) in [4.78, 5) is 12.2. The molecule has 0 radical (unpaired) electrons. The lowest BCUT2D eigenvalue weighted by molar-refractivity contribution is -0.126. The summed E-state index contributed by atoms with van der Waals surface area (Å²) >= 11 is 0. The molecular weight excluding hydrogens is 216 g/mol. The highest BCUT2D eigenvalue weighted by Gasteiger charge is 2.34. The molecule has 17 heavy (non-hydrogen) atoms. The summed E-state index contributed by atoms with van der Waals surface area (Å²) in [7, 11) is 0. The lowest BCUT2D eigenvalue weighted by atomic mass is 9.94. The van der Waals surface area contributed by atoms with E-state index in [4.69, 9.17) is 4.74 Å². The van der Waals surface area contributed by atoms with Gasteiger partial charge in [-0.15, -0.1) is 0 Å². The van der Waals surface area contributed by atoms with E-state index in [9.17, 15) is 4.79 Å². The average Bonchev–Trinajstić information content (AvgIpc) is 2.79. The van der Waals surface area contributed by atoms with E-state index in [2.05, 4.69) is 17.6 Å². The van der Waals surface area contributed by atoms with Gasteiger partial charge in [0.2, 0.25) is 5.91 Å². The molecule has 2 atom stereocenters. The van der Waals surface area contributed by atoms with E-state index in [0.717, 1.165) is 19.4 Å². The molecule has 1 amide bonds.